The van der Waals surface area contributed by atoms with Crippen LogP contribution in [0.15, 0.2) is 117 Å². The Balaban J connectivity index is 0.000000115. The van der Waals surface area contributed by atoms with Crippen LogP contribution >= 0.6 is 0 Å². The van der Waals surface area contributed by atoms with Gasteiger partial charge in [0.2, 0.25) is 0 Å². The normalized spacial score (nSPS) is 31.9. The summed E-state index contributed by atoms with van der Waals surface area (Å²) in [6.07, 6.45) is 34.0. The molecule has 5 aromatic rings. The number of nitrogens with zero attached hydrogens (tertiary/aromatic N) is 9. The number of aliphatic imine (C=N–C) groups is 4. The summed E-state index contributed by atoms with van der Waals surface area (Å²) in [5.41, 5.74) is 37.0. The minimum atomic E-state index is -4.37. The second-order valence-electron chi connectivity index (χ2n) is 43.6. The first-order valence-electron chi connectivity index (χ1n) is 50.8. The molecule has 8 saturated carbocycles. The Hall–Kier alpha value is -8.79. The van der Waals surface area contributed by atoms with E-state index in [1.54, 1.807) is 50.2 Å². The van der Waals surface area contributed by atoms with Crippen LogP contribution in [0.25, 0.3) is 0 Å². The zero-order chi connectivity index (χ0) is 93.5. The monoisotopic (exact) mass is 1840 g/mol. The Morgan fingerprint density at radius 1 is 0.396 bits per heavy atom. The lowest BCUT2D eigenvalue weighted by molar-refractivity contribution is -0.146. The van der Waals surface area contributed by atoms with Crippen molar-refractivity contribution in [2.24, 2.45) is 94.2 Å². The summed E-state index contributed by atoms with van der Waals surface area (Å²) in [5, 5.41) is 0. The van der Waals surface area contributed by atoms with Gasteiger partial charge in [0.15, 0.2) is 46.0 Å². The molecule has 23 nitrogen and oxygen atoms in total. The molecule has 22 rings (SSSR count). The van der Waals surface area contributed by atoms with E-state index in [0.29, 0.717) is 63.1 Å². The maximum atomic E-state index is 14.6. The van der Waals surface area contributed by atoms with Crippen LogP contribution in [0.2, 0.25) is 0 Å². The summed E-state index contributed by atoms with van der Waals surface area (Å²) < 4.78 is 72.4. The Morgan fingerprint density at radius 2 is 0.716 bits per heavy atom. The number of fused-ring (bicyclic) bond motifs is 12. The zero-order valence-corrected chi connectivity index (χ0v) is 80.3. The average molecular weight is 1840 g/mol. The molecule has 722 valence electrons. The number of hydrogen-bond donors (Lipinski definition) is 4. The van der Waals surface area contributed by atoms with Crippen LogP contribution in [0.1, 0.15) is 265 Å². The second-order valence-corrected chi connectivity index (χ2v) is 43.6. The fourth-order valence-electron chi connectivity index (χ4n) is 26.7. The van der Waals surface area contributed by atoms with E-state index in [2.05, 4.69) is 95.9 Å². The number of aryl methyl sites for hydroxylation is 4. The third-order valence-corrected chi connectivity index (χ3v) is 35.3. The van der Waals surface area contributed by atoms with Crippen molar-refractivity contribution in [1.82, 2.24) is 19.6 Å². The Labute approximate surface area is 790 Å². The summed E-state index contributed by atoms with van der Waals surface area (Å²) in [6, 6.07) is 35.2. The lowest BCUT2D eigenvalue weighted by atomic mass is 9.61. The van der Waals surface area contributed by atoms with Gasteiger partial charge in [-0.2, -0.15) is 13.2 Å². The highest BCUT2D eigenvalue weighted by molar-refractivity contribution is 6.11. The van der Waals surface area contributed by atoms with Crippen molar-refractivity contribution in [2.75, 3.05) is 94.0 Å². The van der Waals surface area contributed by atoms with Crippen LogP contribution in [-0.2, 0) is 128 Å². The Bertz CT molecular complexity index is 5330. The number of ether oxygens (including phenoxy) is 6. The molecule has 0 radical (unpaired) electrons. The molecule has 4 amide bonds. The number of halogens is 3. The van der Waals surface area contributed by atoms with Crippen molar-refractivity contribution in [3.05, 3.63) is 169 Å². The van der Waals surface area contributed by atoms with Gasteiger partial charge in [-0.1, -0.05) is 136 Å². The summed E-state index contributed by atoms with van der Waals surface area (Å²) in [4.78, 5) is 85.4. The number of methoxy groups -OCH3 is 5. The van der Waals surface area contributed by atoms with Crippen LogP contribution in [0.4, 0.5) is 18.9 Å². The highest BCUT2D eigenvalue weighted by Gasteiger charge is 2.72. The Morgan fingerprint density at radius 3 is 1.02 bits per heavy atom. The number of anilines is 1. The molecule has 1 saturated heterocycles. The van der Waals surface area contributed by atoms with Gasteiger partial charge in [-0.25, -0.2) is 20.0 Å². The number of guanidine groups is 4. The minimum Gasteiger partial charge on any atom is -0.383 e. The highest BCUT2D eigenvalue weighted by atomic mass is 19.4. The number of carbonyl (C=O) groups excluding carboxylic acids is 4. The summed E-state index contributed by atoms with van der Waals surface area (Å²) in [7, 11) is 12.8. The number of hydrogen-bond acceptors (Lipinski definition) is 19. The van der Waals surface area contributed by atoms with Gasteiger partial charge in [-0.15, -0.1) is 0 Å². The van der Waals surface area contributed by atoms with E-state index in [1.165, 1.54) is 104 Å². The number of amides is 4. The van der Waals surface area contributed by atoms with Crippen molar-refractivity contribution in [2.45, 2.75) is 303 Å². The van der Waals surface area contributed by atoms with E-state index in [4.69, 9.17) is 71.3 Å². The Kier molecular flexibility index (Phi) is 26.4. The van der Waals surface area contributed by atoms with Crippen LogP contribution in [0.3, 0.4) is 0 Å². The topological polar surface area (TPSA) is 293 Å². The van der Waals surface area contributed by atoms with Gasteiger partial charge >= 0.3 is 6.18 Å². The summed E-state index contributed by atoms with van der Waals surface area (Å²) in [5.74, 6) is 4.60. The second kappa shape index (κ2) is 37.5. The molecule has 17 aliphatic rings. The van der Waals surface area contributed by atoms with Crippen molar-refractivity contribution in [1.29, 1.82) is 0 Å². The van der Waals surface area contributed by atoms with Gasteiger partial charge in [-0.05, 0) is 294 Å². The molecule has 5 aliphatic heterocycles. The van der Waals surface area contributed by atoms with Crippen molar-refractivity contribution >= 4 is 53.2 Å². The standard InChI is InChI=1S/C31H40N4O2.C27H37N3O3.C25H32F3N3O2.C25H35N3O3/c1-34(2)25-6-4-5-23(17-25)20-35-28(36)31(33-29(35)32)27-18-22(10-9-21-7-8-21)11-12-24(27)19-30(31)15-13-26(37-3)14-16-30;1-32-22-8-11-26(12-9-22)15-21-7-6-19(5-4-18-2-3-18)14-23(21)27(26)24(31)30(25(28)29-27)16-20-10-13-33-17-20;1-33-19-8-10-23(11-9-19)15-18-7-6-17(5-4-16-2-3-16)14-20(18)25(23)21(32)31(22(29)30-25)13-12-24(26,27)28;1-30-14-13-28-22(29)25(27-23(28)26)21-15-18(6-5-17-3-4-17)7-8-19(21)16-24(25)11-9-20(31-2)10-12-24/h4-6,11-12,17-18,21,26H,7-10,13-16,19-20H2,1-3H3,(H2,32,33);6-7,14,18,20,22H,2-5,8-13,15-17H2,1H3,(H2,28,29);6-7,14,16,19H,2-5,8-13,15H2,1H3,(H2,29,30);7-8,15,17,20H,3-6,9-14,16H2,1-2H3,(H2,26,27). The van der Waals surface area contributed by atoms with E-state index in [-0.39, 0.29) is 64.3 Å². The smallest absolute Gasteiger partial charge is 0.383 e. The molecule has 0 bridgehead atoms. The molecule has 8 N–H and O–H groups in total. The fraction of sp³-hybridized carbons (Fsp3) is 0.648. The maximum Gasteiger partial charge on any atom is 0.390 e. The number of alkyl halides is 3. The van der Waals surface area contributed by atoms with E-state index in [1.807, 2.05) is 20.2 Å². The number of carbonyl (C=O) groups is 4. The molecule has 134 heavy (non-hydrogen) atoms. The molecular weight excluding hydrogens is 1700 g/mol. The van der Waals surface area contributed by atoms with Gasteiger partial charge in [0, 0.05) is 103 Å². The van der Waals surface area contributed by atoms with Gasteiger partial charge in [0.05, 0.1) is 57.1 Å². The van der Waals surface area contributed by atoms with Crippen LogP contribution in [0.5, 0.6) is 0 Å². The average Bonchev–Trinajstić information content (AvgIpc) is 1.54. The third kappa shape index (κ3) is 17.3. The van der Waals surface area contributed by atoms with Crippen molar-refractivity contribution in [3.63, 3.8) is 0 Å². The number of benzene rings is 5. The number of rotatable bonds is 26. The molecule has 5 unspecified atom stereocenters. The first-order chi connectivity index (χ1) is 64.6. The highest BCUT2D eigenvalue weighted by Crippen LogP contribution is 2.67. The summed E-state index contributed by atoms with van der Waals surface area (Å²) >= 11 is 0. The third-order valence-electron chi connectivity index (χ3n) is 35.3. The quantitative estimate of drug-likeness (QED) is 0.0400. The van der Waals surface area contributed by atoms with E-state index < -0.39 is 52.6 Å². The van der Waals surface area contributed by atoms with Crippen molar-refractivity contribution < 1.29 is 60.8 Å². The molecule has 5 atom stereocenters. The van der Waals surface area contributed by atoms with Gasteiger partial charge in [-0.3, -0.25) is 38.8 Å². The SMILES string of the molecule is COC1CCC2(CC1)Cc1ccc(CCC3CC3)cc1C21N=C(N)N(CC2CCOC2)C1=O.COC1CCC2(CC1)Cc1ccc(CCC3CC3)cc1C21N=C(N)N(CCC(F)(F)F)C1=O.COC1CCC2(CC1)Cc1ccc(CCC3CC3)cc1C21N=C(N)N(Cc2cccc(N(C)C)c2)C1=O.COCCN1C(=O)C2(N=C1N)c1cc(CCC3CC3)ccc1CC21CCC(OC)CC1. The number of nitrogens with two attached hydrogens (primary N) is 4. The van der Waals surface area contributed by atoms with E-state index >= 15 is 0 Å². The largest absolute Gasteiger partial charge is 0.390 e. The molecule has 8 spiro atoms. The molecular formula is C108H144F3N13O10. The zero-order valence-electron chi connectivity index (χ0n) is 80.3. The maximum absolute atomic E-state index is 14.6. The summed E-state index contributed by atoms with van der Waals surface area (Å²) in [6.45, 7) is 2.92. The van der Waals surface area contributed by atoms with Crippen molar-refractivity contribution in [3.8, 4) is 0 Å². The van der Waals surface area contributed by atoms with Gasteiger partial charge in [0.25, 0.3) is 23.6 Å². The first-order valence-corrected chi connectivity index (χ1v) is 50.8. The van der Waals surface area contributed by atoms with Crippen LogP contribution in [0, 0.1) is 51.2 Å². The molecule has 0 aromatic heterocycles. The van der Waals surface area contributed by atoms with Gasteiger partial charge < -0.3 is 56.3 Å². The lowest BCUT2D eigenvalue weighted by Gasteiger charge is -2.45. The van der Waals surface area contributed by atoms with E-state index in [0.717, 1.165) is 240 Å². The van der Waals surface area contributed by atoms with Crippen LogP contribution in [-0.4, -0.2) is 187 Å². The molecule has 5 aromatic carbocycles. The fourth-order valence-corrected chi connectivity index (χ4v) is 26.7. The minimum absolute atomic E-state index is 0.0380. The van der Waals surface area contributed by atoms with Crippen LogP contribution < -0.4 is 27.8 Å². The molecule has 9 fully saturated rings. The molecule has 26 heteroatoms. The lowest BCUT2D eigenvalue weighted by Crippen LogP contribution is -2.52. The van der Waals surface area contributed by atoms with E-state index in [9.17, 15) is 32.3 Å². The molecule has 12 aliphatic carbocycles. The predicted octanol–water partition coefficient (Wildman–Crippen LogP) is 16.0. The predicted molar refractivity (Wildman–Crippen MR) is 513 cm³/mol. The molecule has 5 heterocycles. The van der Waals surface area contributed by atoms with Gasteiger partial charge in [0.1, 0.15) is 0 Å². The first kappa shape index (κ1) is 94.2.